The Morgan fingerprint density at radius 2 is 2.08 bits per heavy atom. The second-order valence-electron chi connectivity index (χ2n) is 2.41. The molecule has 0 aliphatic rings. The average molecular weight is 241 g/mol. The van der Waals surface area contributed by atoms with Crippen LogP contribution in [0.3, 0.4) is 0 Å². The fraction of sp³-hybridized carbons (Fsp3) is 0.167. The van der Waals surface area contributed by atoms with Gasteiger partial charge < -0.3 is 0 Å². The monoisotopic (exact) mass is 240 g/mol. The van der Waals surface area contributed by atoms with Gasteiger partial charge in [-0.3, -0.25) is 0 Å². The Hall–Kier alpha value is -0.360. The standard InChI is InChI=1S/C6H6Cl2N2O2S/c7-5-1-6(8)10-2-4(5)3-13(9,11)12/h1-2H,3H2,(H2,9,11,12). The number of aromatic nitrogens is 1. The average Bonchev–Trinajstić information content (AvgIpc) is 1.93. The van der Waals surface area contributed by atoms with Crippen LogP contribution in [-0.2, 0) is 15.8 Å². The van der Waals surface area contributed by atoms with Crippen molar-refractivity contribution in [2.45, 2.75) is 5.75 Å². The third kappa shape index (κ3) is 3.48. The summed E-state index contributed by atoms with van der Waals surface area (Å²) >= 11 is 11.2. The number of hydrogen-bond acceptors (Lipinski definition) is 3. The molecule has 0 radical (unpaired) electrons. The minimum atomic E-state index is -3.58. The lowest BCUT2D eigenvalue weighted by Crippen LogP contribution is -2.14. The highest BCUT2D eigenvalue weighted by molar-refractivity contribution is 7.88. The van der Waals surface area contributed by atoms with Gasteiger partial charge in [-0.15, -0.1) is 0 Å². The van der Waals surface area contributed by atoms with Crippen LogP contribution in [0.4, 0.5) is 0 Å². The molecule has 7 heteroatoms. The lowest BCUT2D eigenvalue weighted by Gasteiger charge is -2.01. The molecule has 1 aromatic heterocycles. The van der Waals surface area contributed by atoms with Crippen molar-refractivity contribution in [3.05, 3.63) is 28.0 Å². The van der Waals surface area contributed by atoms with E-state index in [1.807, 2.05) is 0 Å². The first-order valence-electron chi connectivity index (χ1n) is 3.19. The first-order chi connectivity index (χ1) is 5.88. The predicted molar refractivity (Wildman–Crippen MR) is 51.1 cm³/mol. The lowest BCUT2D eigenvalue weighted by molar-refractivity contribution is 0.597. The Morgan fingerprint density at radius 1 is 1.46 bits per heavy atom. The highest BCUT2D eigenvalue weighted by Gasteiger charge is 2.09. The minimum absolute atomic E-state index is 0.211. The molecule has 0 spiro atoms. The molecular formula is C6H6Cl2N2O2S. The Labute approximate surface area is 85.7 Å². The summed E-state index contributed by atoms with van der Waals surface area (Å²) in [5, 5.41) is 5.28. The summed E-state index contributed by atoms with van der Waals surface area (Å²) in [4.78, 5) is 3.69. The van der Waals surface area contributed by atoms with Crippen molar-refractivity contribution in [1.82, 2.24) is 4.98 Å². The van der Waals surface area contributed by atoms with E-state index in [1.54, 1.807) is 0 Å². The molecular weight excluding hydrogens is 235 g/mol. The summed E-state index contributed by atoms with van der Waals surface area (Å²) < 4.78 is 21.4. The van der Waals surface area contributed by atoms with Gasteiger partial charge in [-0.05, 0) is 6.07 Å². The largest absolute Gasteiger partial charge is 0.244 e. The van der Waals surface area contributed by atoms with E-state index in [2.05, 4.69) is 4.98 Å². The smallest absolute Gasteiger partial charge is 0.213 e. The molecule has 0 bridgehead atoms. The van der Waals surface area contributed by atoms with E-state index in [9.17, 15) is 8.42 Å². The van der Waals surface area contributed by atoms with Crippen molar-refractivity contribution in [3.8, 4) is 0 Å². The molecule has 0 fully saturated rings. The van der Waals surface area contributed by atoms with Crippen LogP contribution in [0.15, 0.2) is 12.3 Å². The maximum Gasteiger partial charge on any atom is 0.213 e. The zero-order chi connectivity index (χ0) is 10.1. The van der Waals surface area contributed by atoms with Gasteiger partial charge in [-0.25, -0.2) is 18.5 Å². The molecule has 2 N–H and O–H groups in total. The van der Waals surface area contributed by atoms with E-state index in [0.29, 0.717) is 5.56 Å². The number of nitrogens with two attached hydrogens (primary N) is 1. The Bertz CT molecular complexity index is 419. The normalized spacial score (nSPS) is 11.6. The lowest BCUT2D eigenvalue weighted by atomic mass is 10.3. The van der Waals surface area contributed by atoms with Gasteiger partial charge in [-0.2, -0.15) is 0 Å². The Morgan fingerprint density at radius 3 is 2.54 bits per heavy atom. The summed E-state index contributed by atoms with van der Waals surface area (Å²) in [6.07, 6.45) is 1.29. The molecule has 0 unspecified atom stereocenters. The molecule has 0 aliphatic heterocycles. The van der Waals surface area contributed by atoms with Crippen molar-refractivity contribution in [3.63, 3.8) is 0 Å². The molecule has 1 aromatic rings. The second kappa shape index (κ2) is 3.79. The van der Waals surface area contributed by atoms with Crippen LogP contribution in [0.25, 0.3) is 0 Å². The third-order valence-electron chi connectivity index (χ3n) is 1.25. The van der Waals surface area contributed by atoms with E-state index in [-0.39, 0.29) is 15.9 Å². The van der Waals surface area contributed by atoms with Gasteiger partial charge in [0.25, 0.3) is 0 Å². The summed E-state index contributed by atoms with van der Waals surface area (Å²) in [6, 6.07) is 1.36. The summed E-state index contributed by atoms with van der Waals surface area (Å²) in [5.41, 5.74) is 0.341. The third-order valence-corrected chi connectivity index (χ3v) is 2.52. The maximum atomic E-state index is 10.7. The molecule has 4 nitrogen and oxygen atoms in total. The molecule has 0 saturated carbocycles. The van der Waals surface area contributed by atoms with Crippen molar-refractivity contribution in [2.24, 2.45) is 5.14 Å². The van der Waals surface area contributed by atoms with Crippen LogP contribution < -0.4 is 5.14 Å². The number of halogens is 2. The van der Waals surface area contributed by atoms with Crippen molar-refractivity contribution in [2.75, 3.05) is 0 Å². The summed E-state index contributed by atoms with van der Waals surface area (Å²) in [6.45, 7) is 0. The van der Waals surface area contributed by atoms with E-state index in [0.717, 1.165) is 0 Å². The molecule has 0 saturated heterocycles. The van der Waals surface area contributed by atoms with E-state index in [1.165, 1.54) is 12.3 Å². The van der Waals surface area contributed by atoms with Crippen LogP contribution in [0, 0.1) is 0 Å². The number of pyridine rings is 1. The number of primary sulfonamides is 1. The fourth-order valence-corrected chi connectivity index (χ4v) is 1.93. The van der Waals surface area contributed by atoms with Gasteiger partial charge in [-0.1, -0.05) is 23.2 Å². The summed E-state index contributed by atoms with van der Waals surface area (Å²) in [7, 11) is -3.58. The van der Waals surface area contributed by atoms with Crippen LogP contribution in [0.2, 0.25) is 10.2 Å². The Kier molecular flexibility index (Phi) is 3.13. The molecule has 0 amide bonds. The van der Waals surface area contributed by atoms with Gasteiger partial charge in [0.15, 0.2) is 0 Å². The zero-order valence-electron chi connectivity index (χ0n) is 6.37. The van der Waals surface area contributed by atoms with Crippen LogP contribution in [0.1, 0.15) is 5.56 Å². The molecule has 0 aliphatic carbocycles. The SMILES string of the molecule is NS(=O)(=O)Cc1cnc(Cl)cc1Cl. The topological polar surface area (TPSA) is 73.1 Å². The maximum absolute atomic E-state index is 10.7. The quantitative estimate of drug-likeness (QED) is 0.790. The number of rotatable bonds is 2. The van der Waals surface area contributed by atoms with E-state index in [4.69, 9.17) is 28.3 Å². The van der Waals surface area contributed by atoms with E-state index < -0.39 is 10.0 Å². The highest BCUT2D eigenvalue weighted by atomic mass is 35.5. The van der Waals surface area contributed by atoms with Gasteiger partial charge in [0.1, 0.15) is 5.15 Å². The summed E-state index contributed by atoms with van der Waals surface area (Å²) in [5.74, 6) is -0.337. The van der Waals surface area contributed by atoms with Crippen LogP contribution >= 0.6 is 23.2 Å². The van der Waals surface area contributed by atoms with Crippen molar-refractivity contribution >= 4 is 33.2 Å². The first-order valence-corrected chi connectivity index (χ1v) is 5.66. The molecule has 0 atom stereocenters. The minimum Gasteiger partial charge on any atom is -0.244 e. The zero-order valence-corrected chi connectivity index (χ0v) is 8.70. The van der Waals surface area contributed by atoms with Gasteiger partial charge in [0, 0.05) is 16.8 Å². The van der Waals surface area contributed by atoms with Gasteiger partial charge >= 0.3 is 0 Å². The van der Waals surface area contributed by atoms with Gasteiger partial charge in [0.2, 0.25) is 10.0 Å². The van der Waals surface area contributed by atoms with E-state index >= 15 is 0 Å². The van der Waals surface area contributed by atoms with Crippen molar-refractivity contribution < 1.29 is 8.42 Å². The number of sulfonamides is 1. The van der Waals surface area contributed by atoms with Gasteiger partial charge in [0.05, 0.1) is 5.75 Å². The second-order valence-corrected chi connectivity index (χ2v) is 4.81. The van der Waals surface area contributed by atoms with Crippen molar-refractivity contribution in [1.29, 1.82) is 0 Å². The first kappa shape index (κ1) is 10.7. The number of hydrogen-bond donors (Lipinski definition) is 1. The van der Waals surface area contributed by atoms with Crippen LogP contribution in [0.5, 0.6) is 0 Å². The highest BCUT2D eigenvalue weighted by Crippen LogP contribution is 2.19. The molecule has 72 valence electrons. The number of nitrogens with zero attached hydrogens (tertiary/aromatic N) is 1. The molecule has 1 heterocycles. The molecule has 0 aromatic carbocycles. The molecule has 1 rings (SSSR count). The Balaban J connectivity index is 3.04. The molecule has 13 heavy (non-hydrogen) atoms. The van der Waals surface area contributed by atoms with Crippen LogP contribution in [-0.4, -0.2) is 13.4 Å². The predicted octanol–water partition coefficient (Wildman–Crippen LogP) is 1.18. The fourth-order valence-electron chi connectivity index (χ4n) is 0.759.